The summed E-state index contributed by atoms with van der Waals surface area (Å²) in [5.41, 5.74) is -0.946. The molecular formula is C10H8ClFN4O4. The van der Waals surface area contributed by atoms with Gasteiger partial charge in [0.25, 0.3) is 0 Å². The van der Waals surface area contributed by atoms with Gasteiger partial charge in [0.15, 0.2) is 12.4 Å². The third-order valence-electron chi connectivity index (χ3n) is 2.27. The number of aromatic nitrogens is 4. The van der Waals surface area contributed by atoms with Crippen LogP contribution in [0, 0.1) is 5.82 Å². The Labute approximate surface area is 116 Å². The van der Waals surface area contributed by atoms with Crippen LogP contribution in [-0.4, -0.2) is 39.9 Å². The molecule has 0 atom stereocenters. The molecule has 0 aliphatic carbocycles. The van der Waals surface area contributed by atoms with Crippen LogP contribution in [0.5, 0.6) is 5.75 Å². The fraction of sp³-hybridized carbons (Fsp3) is 0.200. The summed E-state index contributed by atoms with van der Waals surface area (Å²) >= 11 is 5.78. The van der Waals surface area contributed by atoms with E-state index in [0.717, 1.165) is 12.1 Å². The number of ether oxygens (including phenoxy) is 2. The van der Waals surface area contributed by atoms with E-state index in [4.69, 9.17) is 16.3 Å². The molecule has 0 radical (unpaired) electrons. The monoisotopic (exact) mass is 302 g/mol. The molecule has 0 aliphatic heterocycles. The second-order valence-electron chi connectivity index (χ2n) is 3.52. The summed E-state index contributed by atoms with van der Waals surface area (Å²) in [4.78, 5) is 22.3. The molecule has 8 nitrogen and oxygen atoms in total. The van der Waals surface area contributed by atoms with Crippen LogP contribution < -0.4 is 10.4 Å². The lowest BCUT2D eigenvalue weighted by Crippen LogP contribution is -2.18. The van der Waals surface area contributed by atoms with Crippen molar-refractivity contribution in [2.75, 3.05) is 13.7 Å². The summed E-state index contributed by atoms with van der Waals surface area (Å²) in [7, 11) is 1.19. The molecule has 0 unspecified atom stereocenters. The SMILES string of the molecule is COC(=O)COc1cc(-n2nn[nH]c2=O)c(F)cc1Cl. The minimum atomic E-state index is -0.795. The molecule has 0 saturated carbocycles. The highest BCUT2D eigenvalue weighted by molar-refractivity contribution is 6.32. The summed E-state index contributed by atoms with van der Waals surface area (Å²) < 4.78 is 23.9. The topological polar surface area (TPSA) is 99.1 Å². The third kappa shape index (κ3) is 2.77. The molecule has 2 rings (SSSR count). The lowest BCUT2D eigenvalue weighted by atomic mass is 10.3. The Kier molecular flexibility index (Phi) is 3.99. The first kappa shape index (κ1) is 14.0. The average molecular weight is 303 g/mol. The molecule has 0 aliphatic rings. The van der Waals surface area contributed by atoms with Gasteiger partial charge >= 0.3 is 11.7 Å². The van der Waals surface area contributed by atoms with Crippen molar-refractivity contribution in [2.45, 2.75) is 0 Å². The number of aromatic amines is 1. The molecule has 1 aromatic carbocycles. The van der Waals surface area contributed by atoms with E-state index in [-0.39, 0.29) is 16.5 Å². The molecule has 10 heteroatoms. The zero-order chi connectivity index (χ0) is 14.7. The van der Waals surface area contributed by atoms with E-state index in [0.29, 0.717) is 4.68 Å². The van der Waals surface area contributed by atoms with E-state index in [2.05, 4.69) is 15.2 Å². The molecule has 0 fully saturated rings. The number of methoxy groups -OCH3 is 1. The molecular weight excluding hydrogens is 295 g/mol. The van der Waals surface area contributed by atoms with E-state index < -0.39 is 24.1 Å². The van der Waals surface area contributed by atoms with Crippen LogP contribution in [-0.2, 0) is 9.53 Å². The normalized spacial score (nSPS) is 10.3. The maximum Gasteiger partial charge on any atom is 0.365 e. The van der Waals surface area contributed by atoms with Gasteiger partial charge in [-0.1, -0.05) is 11.6 Å². The molecule has 1 N–H and O–H groups in total. The van der Waals surface area contributed by atoms with Crippen molar-refractivity contribution in [1.82, 2.24) is 20.2 Å². The highest BCUT2D eigenvalue weighted by Crippen LogP contribution is 2.28. The van der Waals surface area contributed by atoms with E-state index in [9.17, 15) is 14.0 Å². The Morgan fingerprint density at radius 1 is 1.55 bits per heavy atom. The van der Waals surface area contributed by atoms with Gasteiger partial charge in [0.05, 0.1) is 12.1 Å². The van der Waals surface area contributed by atoms with Crippen LogP contribution in [0.4, 0.5) is 4.39 Å². The minimum absolute atomic E-state index is 0.00312. The lowest BCUT2D eigenvalue weighted by molar-refractivity contribution is -0.142. The average Bonchev–Trinajstić information content (AvgIpc) is 2.83. The van der Waals surface area contributed by atoms with Crippen molar-refractivity contribution in [2.24, 2.45) is 0 Å². The number of carbonyl (C=O) groups excluding carboxylic acids is 1. The van der Waals surface area contributed by atoms with Gasteiger partial charge in [0.2, 0.25) is 0 Å². The van der Waals surface area contributed by atoms with Crippen LogP contribution in [0.3, 0.4) is 0 Å². The van der Waals surface area contributed by atoms with Gasteiger partial charge in [-0.05, 0) is 16.5 Å². The number of hydrogen-bond acceptors (Lipinski definition) is 6. The quantitative estimate of drug-likeness (QED) is 0.816. The van der Waals surface area contributed by atoms with E-state index >= 15 is 0 Å². The standard InChI is InChI=1S/C10H8ClFN4O4/c1-19-9(17)4-20-8-3-7(6(12)2-5(8)11)16-10(18)13-14-15-16/h2-3H,4H2,1H3,(H,13,15,18). The van der Waals surface area contributed by atoms with Gasteiger partial charge in [-0.2, -0.15) is 4.68 Å². The lowest BCUT2D eigenvalue weighted by Gasteiger charge is -2.09. The maximum absolute atomic E-state index is 13.8. The van der Waals surface area contributed by atoms with Crippen molar-refractivity contribution < 1.29 is 18.7 Å². The fourth-order valence-corrected chi connectivity index (χ4v) is 1.55. The van der Waals surface area contributed by atoms with E-state index in [1.807, 2.05) is 5.10 Å². The summed E-state index contributed by atoms with van der Waals surface area (Å²) in [5, 5.41) is 8.59. The Morgan fingerprint density at radius 2 is 2.30 bits per heavy atom. The zero-order valence-corrected chi connectivity index (χ0v) is 10.8. The molecule has 20 heavy (non-hydrogen) atoms. The highest BCUT2D eigenvalue weighted by atomic mass is 35.5. The van der Waals surface area contributed by atoms with Gasteiger partial charge in [0.1, 0.15) is 11.4 Å². The van der Waals surface area contributed by atoms with Crippen LogP contribution in [0.1, 0.15) is 0 Å². The smallest absolute Gasteiger partial charge is 0.365 e. The molecule has 0 saturated heterocycles. The molecule has 2 aromatic rings. The Balaban J connectivity index is 2.37. The summed E-state index contributed by atoms with van der Waals surface area (Å²) in [6.07, 6.45) is 0. The zero-order valence-electron chi connectivity index (χ0n) is 10.1. The van der Waals surface area contributed by atoms with Gasteiger partial charge in [-0.25, -0.2) is 19.1 Å². The van der Waals surface area contributed by atoms with Gasteiger partial charge in [0, 0.05) is 6.07 Å². The van der Waals surface area contributed by atoms with Crippen molar-refractivity contribution in [3.63, 3.8) is 0 Å². The van der Waals surface area contributed by atoms with Crippen molar-refractivity contribution in [1.29, 1.82) is 0 Å². The predicted octanol–water partition coefficient (Wildman–Crippen LogP) is 0.300. The Bertz CT molecular complexity index is 699. The number of benzene rings is 1. The molecule has 1 heterocycles. The number of tetrazole rings is 1. The predicted molar refractivity (Wildman–Crippen MR) is 64.5 cm³/mol. The molecule has 0 amide bonds. The minimum Gasteiger partial charge on any atom is -0.480 e. The molecule has 0 bridgehead atoms. The molecule has 1 aromatic heterocycles. The van der Waals surface area contributed by atoms with Gasteiger partial charge in [-0.15, -0.1) is 0 Å². The Hall–Kier alpha value is -2.42. The summed E-state index contributed by atoms with van der Waals surface area (Å²) in [6, 6.07) is 2.06. The third-order valence-corrected chi connectivity index (χ3v) is 2.57. The number of nitrogens with zero attached hydrogens (tertiary/aromatic N) is 3. The Morgan fingerprint density at radius 3 is 2.90 bits per heavy atom. The van der Waals surface area contributed by atoms with Crippen LogP contribution >= 0.6 is 11.6 Å². The maximum atomic E-state index is 13.8. The highest BCUT2D eigenvalue weighted by Gasteiger charge is 2.15. The number of nitrogens with one attached hydrogen (secondary N) is 1. The second kappa shape index (κ2) is 5.70. The number of H-pyrrole nitrogens is 1. The van der Waals surface area contributed by atoms with E-state index in [1.165, 1.54) is 7.11 Å². The molecule has 106 valence electrons. The van der Waals surface area contributed by atoms with Crippen molar-refractivity contribution in [3.8, 4) is 11.4 Å². The number of carbonyl (C=O) groups is 1. The fourth-order valence-electron chi connectivity index (χ4n) is 1.34. The van der Waals surface area contributed by atoms with Crippen molar-refractivity contribution in [3.05, 3.63) is 33.5 Å². The summed E-state index contributed by atoms with van der Waals surface area (Å²) in [5.74, 6) is -1.43. The number of hydrogen-bond donors (Lipinski definition) is 1. The van der Waals surface area contributed by atoms with Crippen molar-refractivity contribution >= 4 is 17.6 Å². The van der Waals surface area contributed by atoms with Crippen LogP contribution in [0.15, 0.2) is 16.9 Å². The largest absolute Gasteiger partial charge is 0.480 e. The number of esters is 1. The molecule has 0 spiro atoms. The van der Waals surface area contributed by atoms with E-state index in [1.54, 1.807) is 0 Å². The first-order valence-corrected chi connectivity index (χ1v) is 5.60. The number of rotatable bonds is 4. The first-order chi connectivity index (χ1) is 9.52. The first-order valence-electron chi connectivity index (χ1n) is 5.22. The van der Waals surface area contributed by atoms with Crippen LogP contribution in [0.25, 0.3) is 5.69 Å². The van der Waals surface area contributed by atoms with Crippen LogP contribution in [0.2, 0.25) is 5.02 Å². The van der Waals surface area contributed by atoms with Gasteiger partial charge < -0.3 is 9.47 Å². The summed E-state index contributed by atoms with van der Waals surface area (Å²) in [6.45, 7) is -0.408. The van der Waals surface area contributed by atoms with Gasteiger partial charge in [-0.3, -0.25) is 0 Å². The second-order valence-corrected chi connectivity index (χ2v) is 3.92. The number of halogens is 2.